The zero-order valence-electron chi connectivity index (χ0n) is 16.9. The van der Waals surface area contributed by atoms with Crippen molar-refractivity contribution in [2.75, 3.05) is 17.2 Å². The van der Waals surface area contributed by atoms with Crippen LogP contribution >= 0.6 is 0 Å². The third kappa shape index (κ3) is 5.19. The Labute approximate surface area is 175 Å². The van der Waals surface area contributed by atoms with Crippen LogP contribution in [0.3, 0.4) is 0 Å². The molecule has 2 aromatic carbocycles. The van der Waals surface area contributed by atoms with Crippen LogP contribution in [0, 0.1) is 17.2 Å². The van der Waals surface area contributed by atoms with E-state index in [0.717, 1.165) is 16.8 Å². The van der Waals surface area contributed by atoms with Crippen LogP contribution in [0.25, 0.3) is 11.3 Å². The molecule has 7 heteroatoms. The zero-order valence-corrected chi connectivity index (χ0v) is 16.9. The smallest absolute Gasteiger partial charge is 0.227 e. The zero-order chi connectivity index (χ0) is 21.5. The van der Waals surface area contributed by atoms with E-state index in [0.29, 0.717) is 29.3 Å². The fraction of sp³-hybridized carbons (Fsp3) is 0.217. The van der Waals surface area contributed by atoms with Crippen molar-refractivity contribution in [3.8, 4) is 17.3 Å². The molecule has 0 aliphatic rings. The number of anilines is 3. The molecule has 0 aliphatic carbocycles. The molecule has 0 saturated carbocycles. The Balaban J connectivity index is 1.81. The Morgan fingerprint density at radius 3 is 2.60 bits per heavy atom. The third-order valence-electron chi connectivity index (χ3n) is 4.48. The number of carbonyl (C=O) groups excluding carboxylic acids is 1. The first-order chi connectivity index (χ1) is 14.5. The van der Waals surface area contributed by atoms with Crippen LogP contribution in [0.2, 0.25) is 0 Å². The summed E-state index contributed by atoms with van der Waals surface area (Å²) in [6, 6.07) is 16.8. The molecule has 1 heterocycles. The monoisotopic (exact) mass is 401 g/mol. The summed E-state index contributed by atoms with van der Waals surface area (Å²) >= 11 is 0. The van der Waals surface area contributed by atoms with Gasteiger partial charge in [-0.05, 0) is 42.3 Å². The van der Waals surface area contributed by atoms with Crippen molar-refractivity contribution in [2.45, 2.75) is 20.3 Å². The molecule has 0 spiro atoms. The van der Waals surface area contributed by atoms with Crippen LogP contribution in [0.15, 0.2) is 54.7 Å². The topological polar surface area (TPSA) is 111 Å². The average Bonchev–Trinajstić information content (AvgIpc) is 2.75. The van der Waals surface area contributed by atoms with Crippen molar-refractivity contribution in [1.29, 1.82) is 5.26 Å². The van der Waals surface area contributed by atoms with E-state index in [-0.39, 0.29) is 18.4 Å². The minimum Gasteiger partial charge on any atom is -0.396 e. The number of aliphatic hydroxyl groups is 1. The third-order valence-corrected chi connectivity index (χ3v) is 4.48. The molecule has 0 fully saturated rings. The molecule has 0 bridgehead atoms. The molecule has 3 N–H and O–H groups in total. The summed E-state index contributed by atoms with van der Waals surface area (Å²) in [7, 11) is 0. The average molecular weight is 401 g/mol. The van der Waals surface area contributed by atoms with Gasteiger partial charge in [-0.15, -0.1) is 0 Å². The Bertz CT molecular complexity index is 1070. The number of aliphatic hydroxyl groups excluding tert-OH is 1. The van der Waals surface area contributed by atoms with E-state index < -0.39 is 0 Å². The number of hydrogen-bond donors (Lipinski definition) is 3. The van der Waals surface area contributed by atoms with Crippen molar-refractivity contribution in [2.24, 2.45) is 5.92 Å². The molecule has 0 aliphatic heterocycles. The first-order valence-electron chi connectivity index (χ1n) is 9.65. The van der Waals surface area contributed by atoms with E-state index in [1.165, 1.54) is 0 Å². The lowest BCUT2D eigenvalue weighted by atomic mass is 10.1. The van der Waals surface area contributed by atoms with Crippen LogP contribution in [0.1, 0.15) is 25.0 Å². The molecule has 3 rings (SSSR count). The normalized spacial score (nSPS) is 10.5. The number of nitrogens with one attached hydrogen (secondary N) is 2. The number of hydrogen-bond acceptors (Lipinski definition) is 6. The second-order valence-electron chi connectivity index (χ2n) is 7.08. The summed E-state index contributed by atoms with van der Waals surface area (Å²) < 4.78 is 0. The standard InChI is InChI=1S/C23H23N5O2/c1-15(2)22(30)27-20-8-5-17(13-18(20)14-24)21-9-11-25-23(28-21)26-19-6-3-16(4-7-19)10-12-29/h3-9,11,13,15,29H,10,12H2,1-2H3,(H,27,30)(H,25,26,28). The highest BCUT2D eigenvalue weighted by Gasteiger charge is 2.12. The van der Waals surface area contributed by atoms with Gasteiger partial charge in [-0.2, -0.15) is 5.26 Å². The van der Waals surface area contributed by atoms with Crippen molar-refractivity contribution >= 4 is 23.2 Å². The summed E-state index contributed by atoms with van der Waals surface area (Å²) in [4.78, 5) is 20.7. The predicted octanol–water partition coefficient (Wildman–Crippen LogP) is 3.89. The highest BCUT2D eigenvalue weighted by molar-refractivity contribution is 5.93. The molecule has 0 saturated heterocycles. The molecule has 0 radical (unpaired) electrons. The Morgan fingerprint density at radius 2 is 1.93 bits per heavy atom. The van der Waals surface area contributed by atoms with Crippen LogP contribution in [-0.4, -0.2) is 27.6 Å². The van der Waals surface area contributed by atoms with E-state index in [2.05, 4.69) is 26.7 Å². The maximum Gasteiger partial charge on any atom is 0.227 e. The Morgan fingerprint density at radius 1 is 1.17 bits per heavy atom. The van der Waals surface area contributed by atoms with E-state index in [4.69, 9.17) is 5.11 Å². The SMILES string of the molecule is CC(C)C(=O)Nc1ccc(-c2ccnc(Nc3ccc(CCO)cc3)n2)cc1C#N. The number of aromatic nitrogens is 2. The van der Waals surface area contributed by atoms with E-state index in [9.17, 15) is 10.1 Å². The van der Waals surface area contributed by atoms with Gasteiger partial charge in [0.1, 0.15) is 6.07 Å². The molecular weight excluding hydrogens is 378 g/mol. The molecule has 0 atom stereocenters. The number of nitrogens with zero attached hydrogens (tertiary/aromatic N) is 3. The van der Waals surface area contributed by atoms with Gasteiger partial charge in [-0.1, -0.05) is 32.0 Å². The second kappa shape index (κ2) is 9.63. The highest BCUT2D eigenvalue weighted by Crippen LogP contribution is 2.25. The van der Waals surface area contributed by atoms with Gasteiger partial charge in [0.25, 0.3) is 0 Å². The van der Waals surface area contributed by atoms with Gasteiger partial charge in [-0.25, -0.2) is 9.97 Å². The van der Waals surface area contributed by atoms with Crippen LogP contribution in [0.5, 0.6) is 0 Å². The first kappa shape index (κ1) is 21.0. The van der Waals surface area contributed by atoms with Gasteiger partial charge in [0.05, 0.1) is 16.9 Å². The van der Waals surface area contributed by atoms with Gasteiger partial charge in [0.2, 0.25) is 11.9 Å². The maximum absolute atomic E-state index is 11.9. The quantitative estimate of drug-likeness (QED) is 0.554. The van der Waals surface area contributed by atoms with Crippen molar-refractivity contribution in [3.05, 3.63) is 65.9 Å². The lowest BCUT2D eigenvalue weighted by Crippen LogP contribution is -2.18. The number of carbonyl (C=O) groups is 1. The van der Waals surface area contributed by atoms with Crippen LogP contribution < -0.4 is 10.6 Å². The number of nitriles is 1. The summed E-state index contributed by atoms with van der Waals surface area (Å²) in [6.45, 7) is 3.71. The Hall–Kier alpha value is -3.76. The van der Waals surface area contributed by atoms with Gasteiger partial charge in [-0.3, -0.25) is 4.79 Å². The summed E-state index contributed by atoms with van der Waals surface area (Å²) in [5.74, 6) is 0.111. The minimum absolute atomic E-state index is 0.114. The highest BCUT2D eigenvalue weighted by atomic mass is 16.3. The summed E-state index contributed by atoms with van der Waals surface area (Å²) in [5.41, 5.74) is 4.13. The lowest BCUT2D eigenvalue weighted by molar-refractivity contribution is -0.118. The van der Waals surface area contributed by atoms with Crippen molar-refractivity contribution in [3.63, 3.8) is 0 Å². The Kier molecular flexibility index (Phi) is 6.73. The molecule has 7 nitrogen and oxygen atoms in total. The molecule has 30 heavy (non-hydrogen) atoms. The summed E-state index contributed by atoms with van der Waals surface area (Å²) in [5, 5.41) is 24.4. The number of rotatable bonds is 7. The molecule has 1 aromatic heterocycles. The van der Waals surface area contributed by atoms with Gasteiger partial charge < -0.3 is 15.7 Å². The molecule has 1 amide bonds. The fourth-order valence-corrected chi connectivity index (χ4v) is 2.77. The van der Waals surface area contributed by atoms with Gasteiger partial charge >= 0.3 is 0 Å². The molecule has 3 aromatic rings. The van der Waals surface area contributed by atoms with Gasteiger partial charge in [0, 0.05) is 30.0 Å². The maximum atomic E-state index is 11.9. The summed E-state index contributed by atoms with van der Waals surface area (Å²) in [6.07, 6.45) is 2.26. The van der Waals surface area contributed by atoms with Crippen molar-refractivity contribution in [1.82, 2.24) is 9.97 Å². The largest absolute Gasteiger partial charge is 0.396 e. The molecule has 152 valence electrons. The lowest BCUT2D eigenvalue weighted by Gasteiger charge is -2.11. The van der Waals surface area contributed by atoms with Gasteiger partial charge in [0.15, 0.2) is 0 Å². The van der Waals surface area contributed by atoms with E-state index in [1.807, 2.05) is 30.3 Å². The first-order valence-corrected chi connectivity index (χ1v) is 9.65. The molecule has 0 unspecified atom stereocenters. The predicted molar refractivity (Wildman–Crippen MR) is 116 cm³/mol. The molecular formula is C23H23N5O2. The number of amides is 1. The fourth-order valence-electron chi connectivity index (χ4n) is 2.77. The second-order valence-corrected chi connectivity index (χ2v) is 7.08. The van der Waals surface area contributed by atoms with Crippen molar-refractivity contribution < 1.29 is 9.90 Å². The van der Waals surface area contributed by atoms with E-state index >= 15 is 0 Å². The van der Waals surface area contributed by atoms with Crippen LogP contribution in [0.4, 0.5) is 17.3 Å². The minimum atomic E-state index is -0.176. The van der Waals surface area contributed by atoms with E-state index in [1.54, 1.807) is 38.2 Å². The number of benzene rings is 2. The van der Waals surface area contributed by atoms with Crippen LogP contribution in [-0.2, 0) is 11.2 Å².